The number of pyridine rings is 1. The van der Waals surface area contributed by atoms with Crippen LogP contribution in [0.3, 0.4) is 0 Å². The molecule has 0 fully saturated rings. The predicted molar refractivity (Wildman–Crippen MR) is 142 cm³/mol. The molecule has 3 rings (SSSR count). The Kier molecular flexibility index (Phi) is 10.1. The van der Waals surface area contributed by atoms with Gasteiger partial charge in [-0.2, -0.15) is 0 Å². The van der Waals surface area contributed by atoms with Crippen LogP contribution in [0.2, 0.25) is 5.02 Å². The normalized spacial score (nSPS) is 15.5. The molecule has 0 bridgehead atoms. The maximum atomic E-state index is 12.7. The molecule has 1 aliphatic rings. The molecule has 2 atom stereocenters. The van der Waals surface area contributed by atoms with Crippen LogP contribution in [0.4, 0.5) is 5.82 Å². The highest BCUT2D eigenvalue weighted by Gasteiger charge is 2.24. The van der Waals surface area contributed by atoms with E-state index in [1.54, 1.807) is 6.92 Å². The number of hydrogen-bond acceptors (Lipinski definition) is 10. The summed E-state index contributed by atoms with van der Waals surface area (Å²) in [6, 6.07) is 4.12. The van der Waals surface area contributed by atoms with Crippen molar-refractivity contribution in [3.63, 3.8) is 0 Å². The molecule has 2 aromatic rings. The van der Waals surface area contributed by atoms with E-state index in [1.807, 2.05) is 0 Å². The summed E-state index contributed by atoms with van der Waals surface area (Å²) in [5, 5.41) is 30.8. The number of aliphatic imine (C=N–C) groups is 1. The van der Waals surface area contributed by atoms with Crippen molar-refractivity contribution in [1.29, 1.82) is 0 Å². The number of phenols is 1. The van der Waals surface area contributed by atoms with Gasteiger partial charge in [-0.3, -0.25) is 24.2 Å². The molecule has 2 heterocycles. The Bertz CT molecular complexity index is 1300. The molecule has 1 aliphatic heterocycles. The standard InChI is InChI=1S/C23H26BrClN6O7/c1-2-38-20(35)7-16(14-3-11(25)4-15(24)21(14)36)30-19(34)10-26-22(37)17-5-12(32)6-18(29-17)31-23-27-8-13(33)9-28-23/h3-6,13,16,33,36H,2,7-10H2,1H3,(H,26,37)(H,30,34)(H3,27,28,29,31,32). The van der Waals surface area contributed by atoms with Gasteiger partial charge in [-0.15, -0.1) is 0 Å². The number of aliphatic hydroxyl groups excluding tert-OH is 1. The fraction of sp³-hybridized carbons (Fsp3) is 0.348. The van der Waals surface area contributed by atoms with E-state index < -0.39 is 41.9 Å². The quantitative estimate of drug-likeness (QED) is 0.200. The first-order valence-corrected chi connectivity index (χ1v) is 12.6. The number of ether oxygens (including phenoxy) is 1. The second-order valence-corrected chi connectivity index (χ2v) is 9.42. The number of hydrogen-bond donors (Lipinski definition) is 7. The molecule has 1 aromatic heterocycles. The lowest BCUT2D eigenvalue weighted by molar-refractivity contribution is -0.143. The number of anilines is 1. The second-order valence-electron chi connectivity index (χ2n) is 8.13. The van der Waals surface area contributed by atoms with Crippen molar-refractivity contribution in [2.24, 2.45) is 4.99 Å². The van der Waals surface area contributed by atoms with Crippen molar-refractivity contribution >= 4 is 57.1 Å². The van der Waals surface area contributed by atoms with Gasteiger partial charge in [0.05, 0.1) is 42.7 Å². The number of halogens is 2. The van der Waals surface area contributed by atoms with Gasteiger partial charge in [0, 0.05) is 29.3 Å². The summed E-state index contributed by atoms with van der Waals surface area (Å²) < 4.78 is 5.23. The summed E-state index contributed by atoms with van der Waals surface area (Å²) in [6.45, 7) is 1.69. The molecule has 2 unspecified atom stereocenters. The van der Waals surface area contributed by atoms with Gasteiger partial charge < -0.3 is 41.2 Å². The number of carbonyl (C=O) groups is 3. The molecule has 13 nitrogen and oxygen atoms in total. The largest absolute Gasteiger partial charge is 0.506 e. The van der Waals surface area contributed by atoms with Gasteiger partial charge >= 0.3 is 5.97 Å². The minimum absolute atomic E-state index is 0.122. The van der Waals surface area contributed by atoms with E-state index in [0.29, 0.717) is 5.96 Å². The van der Waals surface area contributed by atoms with Crippen molar-refractivity contribution in [3.05, 3.63) is 55.2 Å². The Morgan fingerprint density at radius 1 is 1.29 bits per heavy atom. The van der Waals surface area contributed by atoms with Gasteiger partial charge in [0.25, 0.3) is 5.91 Å². The van der Waals surface area contributed by atoms with Crippen LogP contribution in [0.25, 0.3) is 0 Å². The lowest BCUT2D eigenvalue weighted by Gasteiger charge is -2.21. The topological polar surface area (TPSA) is 194 Å². The number of H-pyrrole nitrogens is 1. The smallest absolute Gasteiger partial charge is 0.308 e. The second kappa shape index (κ2) is 13.3. The molecule has 0 spiro atoms. The van der Waals surface area contributed by atoms with Crippen LogP contribution in [0.15, 0.2) is 38.5 Å². The van der Waals surface area contributed by atoms with Crippen LogP contribution in [0, 0.1) is 0 Å². The average Bonchev–Trinajstić information content (AvgIpc) is 2.85. The summed E-state index contributed by atoms with van der Waals surface area (Å²) in [5.41, 5.74) is -0.426. The lowest BCUT2D eigenvalue weighted by atomic mass is 10.0. The van der Waals surface area contributed by atoms with Crippen molar-refractivity contribution in [2.45, 2.75) is 25.5 Å². The molecule has 2 amide bonds. The zero-order valence-electron chi connectivity index (χ0n) is 20.1. The maximum absolute atomic E-state index is 12.7. The number of phenolic OH excluding ortho intramolecular Hbond substituents is 1. The predicted octanol–water partition coefficient (Wildman–Crippen LogP) is 0.769. The number of benzene rings is 1. The number of aliphatic hydroxyl groups is 1. The van der Waals surface area contributed by atoms with E-state index in [2.05, 4.69) is 47.2 Å². The third-order valence-corrected chi connectivity index (χ3v) is 5.98. The van der Waals surface area contributed by atoms with Crippen LogP contribution in [-0.2, 0) is 14.3 Å². The number of aromatic hydroxyl groups is 1. The molecule has 15 heteroatoms. The van der Waals surface area contributed by atoms with Gasteiger partial charge in [-0.1, -0.05) is 11.6 Å². The number of nitrogens with one attached hydrogen (secondary N) is 5. The van der Waals surface area contributed by atoms with Crippen LogP contribution in [0.1, 0.15) is 35.4 Å². The van der Waals surface area contributed by atoms with Crippen LogP contribution < -0.4 is 26.7 Å². The number of carbonyl (C=O) groups excluding carboxylic acids is 3. The van der Waals surface area contributed by atoms with Crippen LogP contribution in [0.5, 0.6) is 5.75 Å². The highest BCUT2D eigenvalue weighted by atomic mass is 79.9. The summed E-state index contributed by atoms with van der Waals surface area (Å²) in [7, 11) is 0. The van der Waals surface area contributed by atoms with Gasteiger partial charge in [0.1, 0.15) is 17.3 Å². The molecule has 1 aromatic carbocycles. The van der Waals surface area contributed by atoms with E-state index in [-0.39, 0.29) is 58.4 Å². The Morgan fingerprint density at radius 2 is 2.05 bits per heavy atom. The Morgan fingerprint density at radius 3 is 2.74 bits per heavy atom. The molecule has 0 aliphatic carbocycles. The number of aromatic nitrogens is 1. The lowest BCUT2D eigenvalue weighted by Crippen LogP contribution is -2.43. The first-order valence-electron chi connectivity index (χ1n) is 11.4. The molecular weight excluding hydrogens is 588 g/mol. The van der Waals surface area contributed by atoms with Crippen LogP contribution >= 0.6 is 27.5 Å². The van der Waals surface area contributed by atoms with Gasteiger partial charge in [-0.25, -0.2) is 0 Å². The number of amides is 2. The molecule has 7 N–H and O–H groups in total. The molecule has 38 heavy (non-hydrogen) atoms. The third-order valence-electron chi connectivity index (χ3n) is 5.16. The zero-order valence-corrected chi connectivity index (χ0v) is 22.5. The molecule has 0 saturated heterocycles. The van der Waals surface area contributed by atoms with Gasteiger partial charge in [0.15, 0.2) is 11.4 Å². The summed E-state index contributed by atoms with van der Waals surface area (Å²) >= 11 is 9.25. The first kappa shape index (κ1) is 28.9. The zero-order chi connectivity index (χ0) is 27.8. The monoisotopic (exact) mass is 612 g/mol. The minimum Gasteiger partial charge on any atom is -0.506 e. The van der Waals surface area contributed by atoms with Gasteiger partial charge in [0.2, 0.25) is 5.91 Å². The fourth-order valence-electron chi connectivity index (χ4n) is 3.45. The number of aromatic amines is 1. The number of nitrogens with zero attached hydrogens (tertiary/aromatic N) is 1. The van der Waals surface area contributed by atoms with Crippen molar-refractivity contribution in [2.75, 3.05) is 31.6 Å². The fourth-order valence-corrected chi connectivity index (χ4v) is 4.29. The van der Waals surface area contributed by atoms with E-state index in [9.17, 15) is 29.4 Å². The SMILES string of the molecule is CCOC(=O)CC(NC(=O)CNC(=O)c1cc(=O)cc(NC2=NCC(O)CN2)[nH]1)c1cc(Cl)cc(Br)c1O. The highest BCUT2D eigenvalue weighted by Crippen LogP contribution is 2.36. The molecule has 0 radical (unpaired) electrons. The number of rotatable bonds is 9. The Labute approximate surface area is 230 Å². The van der Waals surface area contributed by atoms with E-state index in [1.165, 1.54) is 18.2 Å². The number of guanidine groups is 1. The Hall–Kier alpha value is -3.62. The molecule has 0 saturated carbocycles. The van der Waals surface area contributed by atoms with E-state index >= 15 is 0 Å². The van der Waals surface area contributed by atoms with Crippen molar-refractivity contribution in [3.8, 4) is 5.75 Å². The average molecular weight is 614 g/mol. The highest BCUT2D eigenvalue weighted by molar-refractivity contribution is 9.10. The third kappa shape index (κ3) is 8.19. The van der Waals surface area contributed by atoms with E-state index in [0.717, 1.165) is 6.07 Å². The van der Waals surface area contributed by atoms with E-state index in [4.69, 9.17) is 16.3 Å². The minimum atomic E-state index is -1.01. The number of esters is 1. The summed E-state index contributed by atoms with van der Waals surface area (Å²) in [6.07, 6.45) is -0.923. The summed E-state index contributed by atoms with van der Waals surface area (Å²) in [5.74, 6) is -1.78. The number of β-amino-alcohol motifs (C(OH)–C–C–N with tert-alkyl or cyclic N) is 1. The van der Waals surface area contributed by atoms with Crippen molar-refractivity contribution in [1.82, 2.24) is 20.9 Å². The first-order chi connectivity index (χ1) is 18.0. The summed E-state index contributed by atoms with van der Waals surface area (Å²) in [4.78, 5) is 56.4. The van der Waals surface area contributed by atoms with Crippen LogP contribution in [-0.4, -0.2) is 71.3 Å². The Balaban J connectivity index is 1.68. The molecular formula is C23H26BrClN6O7. The van der Waals surface area contributed by atoms with Gasteiger partial charge in [-0.05, 0) is 35.0 Å². The molecule has 204 valence electrons. The van der Waals surface area contributed by atoms with Crippen molar-refractivity contribution < 1.29 is 29.3 Å². The maximum Gasteiger partial charge on any atom is 0.308 e.